The van der Waals surface area contributed by atoms with Gasteiger partial charge in [0.1, 0.15) is 11.9 Å². The molecule has 1 atom stereocenters. The van der Waals surface area contributed by atoms with Gasteiger partial charge in [-0.2, -0.15) is 5.26 Å². The summed E-state index contributed by atoms with van der Waals surface area (Å²) in [4.78, 5) is 24.4. The van der Waals surface area contributed by atoms with Crippen molar-refractivity contribution in [3.63, 3.8) is 0 Å². The summed E-state index contributed by atoms with van der Waals surface area (Å²) in [7, 11) is 2.02. The van der Waals surface area contributed by atoms with Gasteiger partial charge in [0.05, 0.1) is 41.1 Å². The van der Waals surface area contributed by atoms with Crippen LogP contribution in [0.25, 0.3) is 32.2 Å². The second-order valence-corrected chi connectivity index (χ2v) is 11.4. The van der Waals surface area contributed by atoms with Crippen LogP contribution in [-0.4, -0.2) is 20.4 Å². The molecule has 0 aliphatic rings. The Bertz CT molecular complexity index is 1950. The molecule has 0 bridgehead atoms. The number of imidazole rings is 1. The molecule has 7 nitrogen and oxygen atoms in total. The summed E-state index contributed by atoms with van der Waals surface area (Å²) in [6.07, 6.45) is 3.33. The fourth-order valence-electron chi connectivity index (χ4n) is 4.98. The van der Waals surface area contributed by atoms with E-state index in [-0.39, 0.29) is 11.9 Å². The van der Waals surface area contributed by atoms with Crippen LogP contribution in [0.15, 0.2) is 85.3 Å². The van der Waals surface area contributed by atoms with Crippen LogP contribution in [-0.2, 0) is 13.6 Å². The molecular formula is C33H28N6OS. The molecule has 0 aliphatic heterocycles. The number of aromatic nitrogens is 3. The van der Waals surface area contributed by atoms with Crippen LogP contribution >= 0.6 is 11.3 Å². The molecule has 3 heterocycles. The van der Waals surface area contributed by atoms with Crippen LogP contribution in [0, 0.1) is 18.3 Å². The van der Waals surface area contributed by atoms with E-state index < -0.39 is 0 Å². The minimum absolute atomic E-state index is 0.198. The second-order valence-electron chi connectivity index (χ2n) is 10.2. The number of nitriles is 1. The number of nitrogens with one attached hydrogen (secondary N) is 2. The summed E-state index contributed by atoms with van der Waals surface area (Å²) in [5.74, 6) is 0.159. The van der Waals surface area contributed by atoms with Crippen molar-refractivity contribution in [1.82, 2.24) is 19.9 Å². The van der Waals surface area contributed by atoms with Gasteiger partial charge in [0.25, 0.3) is 5.91 Å². The van der Waals surface area contributed by atoms with Gasteiger partial charge in [-0.05, 0) is 60.7 Å². The van der Waals surface area contributed by atoms with Gasteiger partial charge >= 0.3 is 0 Å². The monoisotopic (exact) mass is 556 g/mol. The molecular weight excluding hydrogens is 528 g/mol. The Hall–Kier alpha value is -5.00. The molecule has 0 saturated heterocycles. The summed E-state index contributed by atoms with van der Waals surface area (Å²) < 4.78 is 2.06. The normalized spacial score (nSPS) is 11.9. The van der Waals surface area contributed by atoms with E-state index in [9.17, 15) is 10.1 Å². The highest BCUT2D eigenvalue weighted by molar-refractivity contribution is 7.15. The number of rotatable bonds is 7. The first kappa shape index (κ1) is 26.2. The molecule has 41 heavy (non-hydrogen) atoms. The number of nitrogens with zero attached hydrogens (tertiary/aromatic N) is 4. The number of anilines is 1. The molecule has 3 aromatic carbocycles. The number of carbonyl (C=O) groups is 1. The van der Waals surface area contributed by atoms with Crippen molar-refractivity contribution in [3.05, 3.63) is 112 Å². The predicted octanol–water partition coefficient (Wildman–Crippen LogP) is 7.13. The lowest BCUT2D eigenvalue weighted by Crippen LogP contribution is -2.27. The third kappa shape index (κ3) is 5.28. The lowest BCUT2D eigenvalue weighted by atomic mass is 10.0. The number of pyridine rings is 1. The Kier molecular flexibility index (Phi) is 6.96. The number of hydrogen-bond donors (Lipinski definition) is 2. The fraction of sp³-hybridized carbons (Fsp3) is 0.152. The summed E-state index contributed by atoms with van der Waals surface area (Å²) in [5, 5.41) is 18.1. The van der Waals surface area contributed by atoms with Gasteiger partial charge in [0, 0.05) is 28.4 Å². The molecule has 202 valence electrons. The maximum absolute atomic E-state index is 13.3. The lowest BCUT2D eigenvalue weighted by molar-refractivity contribution is 0.0940. The van der Waals surface area contributed by atoms with E-state index in [0.717, 1.165) is 37.5 Å². The maximum Gasteiger partial charge on any atom is 0.255 e. The standard InChI is InChI=1S/C33H28N6OS/c1-20-4-6-23(7-5-20)21(2)38-33(40)28-14-22(16-34)17-35-32(28)36-18-26-11-13-30(41-26)25-9-8-24-10-12-29-31(27(24)15-25)39(3)19-37-29/h4-15,17,19,21H,18H2,1-3H3,(H,35,36)(H,38,40)/t21-/m0/s1. The molecule has 0 unspecified atom stereocenters. The van der Waals surface area contributed by atoms with E-state index in [1.54, 1.807) is 17.4 Å². The zero-order valence-corrected chi connectivity index (χ0v) is 23.8. The van der Waals surface area contributed by atoms with Gasteiger partial charge in [0.15, 0.2) is 0 Å². The molecule has 0 fully saturated rings. The predicted molar refractivity (Wildman–Crippen MR) is 165 cm³/mol. The molecule has 0 aliphatic carbocycles. The largest absolute Gasteiger partial charge is 0.365 e. The van der Waals surface area contributed by atoms with Crippen LogP contribution in [0.2, 0.25) is 0 Å². The third-order valence-corrected chi connectivity index (χ3v) is 8.39. The van der Waals surface area contributed by atoms with Crippen LogP contribution in [0.5, 0.6) is 0 Å². The van der Waals surface area contributed by atoms with Crippen LogP contribution in [0.1, 0.15) is 44.9 Å². The van der Waals surface area contributed by atoms with Gasteiger partial charge in [0.2, 0.25) is 0 Å². The quantitative estimate of drug-likeness (QED) is 0.218. The van der Waals surface area contributed by atoms with Crippen molar-refractivity contribution < 1.29 is 4.79 Å². The topological polar surface area (TPSA) is 95.6 Å². The van der Waals surface area contributed by atoms with Crippen molar-refractivity contribution in [2.45, 2.75) is 26.4 Å². The summed E-state index contributed by atoms with van der Waals surface area (Å²) >= 11 is 1.69. The number of benzene rings is 3. The first-order chi connectivity index (χ1) is 19.9. The molecule has 1 amide bonds. The molecule has 0 saturated carbocycles. The zero-order valence-electron chi connectivity index (χ0n) is 23.0. The van der Waals surface area contributed by atoms with E-state index in [2.05, 4.69) is 73.7 Å². The summed E-state index contributed by atoms with van der Waals surface area (Å²) in [5.41, 5.74) is 6.09. The SMILES string of the molecule is Cc1ccc([C@H](C)NC(=O)c2cc(C#N)cnc2NCc2ccc(-c3ccc4ccc5ncn(C)c5c4c3)s2)cc1. The lowest BCUT2D eigenvalue weighted by Gasteiger charge is -2.16. The maximum atomic E-state index is 13.3. The Morgan fingerprint density at radius 1 is 1.05 bits per heavy atom. The Morgan fingerprint density at radius 2 is 1.85 bits per heavy atom. The highest BCUT2D eigenvalue weighted by atomic mass is 32.1. The smallest absolute Gasteiger partial charge is 0.255 e. The Morgan fingerprint density at radius 3 is 2.66 bits per heavy atom. The number of thiophene rings is 1. The number of aryl methyl sites for hydroxylation is 2. The van der Waals surface area contributed by atoms with E-state index >= 15 is 0 Å². The van der Waals surface area contributed by atoms with Crippen molar-refractivity contribution >= 4 is 44.9 Å². The van der Waals surface area contributed by atoms with E-state index in [1.165, 1.54) is 17.0 Å². The molecule has 8 heteroatoms. The minimum atomic E-state index is -0.283. The Labute approximate surface area is 242 Å². The highest BCUT2D eigenvalue weighted by Gasteiger charge is 2.18. The first-order valence-corrected chi connectivity index (χ1v) is 14.2. The number of fused-ring (bicyclic) bond motifs is 3. The van der Waals surface area contributed by atoms with Gasteiger partial charge in [-0.1, -0.05) is 48.0 Å². The molecule has 6 rings (SSSR count). The number of hydrogen-bond acceptors (Lipinski definition) is 6. The third-order valence-electron chi connectivity index (χ3n) is 7.26. The van der Waals surface area contributed by atoms with Crippen molar-refractivity contribution in [3.8, 4) is 16.5 Å². The second kappa shape index (κ2) is 10.9. The van der Waals surface area contributed by atoms with Gasteiger partial charge in [-0.15, -0.1) is 11.3 Å². The highest BCUT2D eigenvalue weighted by Crippen LogP contribution is 2.33. The zero-order chi connectivity index (χ0) is 28.5. The summed E-state index contributed by atoms with van der Waals surface area (Å²) in [6, 6.07) is 26.4. The average molecular weight is 557 g/mol. The average Bonchev–Trinajstić information content (AvgIpc) is 3.63. The van der Waals surface area contributed by atoms with Crippen LogP contribution < -0.4 is 10.6 Å². The minimum Gasteiger partial charge on any atom is -0.365 e. The van der Waals surface area contributed by atoms with E-state index in [4.69, 9.17) is 0 Å². The van der Waals surface area contributed by atoms with Crippen LogP contribution in [0.3, 0.4) is 0 Å². The fourth-order valence-corrected chi connectivity index (χ4v) is 5.92. The molecule has 3 aromatic heterocycles. The molecule has 2 N–H and O–H groups in total. The Balaban J connectivity index is 1.21. The molecule has 6 aromatic rings. The first-order valence-electron chi connectivity index (χ1n) is 13.3. The van der Waals surface area contributed by atoms with Crippen molar-refractivity contribution in [2.24, 2.45) is 7.05 Å². The molecule has 0 spiro atoms. The van der Waals surface area contributed by atoms with E-state index in [1.807, 2.05) is 51.5 Å². The van der Waals surface area contributed by atoms with Crippen molar-refractivity contribution in [2.75, 3.05) is 5.32 Å². The van der Waals surface area contributed by atoms with Gasteiger partial charge in [-0.25, -0.2) is 9.97 Å². The van der Waals surface area contributed by atoms with Gasteiger partial charge < -0.3 is 15.2 Å². The summed E-state index contributed by atoms with van der Waals surface area (Å²) in [6.45, 7) is 4.47. The van der Waals surface area contributed by atoms with Gasteiger partial charge in [-0.3, -0.25) is 4.79 Å². The van der Waals surface area contributed by atoms with Crippen LogP contribution in [0.4, 0.5) is 5.82 Å². The van der Waals surface area contributed by atoms with Crippen molar-refractivity contribution in [1.29, 1.82) is 5.26 Å². The number of amides is 1. The molecule has 0 radical (unpaired) electrons. The number of carbonyl (C=O) groups excluding carboxylic acids is 1. The van der Waals surface area contributed by atoms with E-state index in [0.29, 0.717) is 23.5 Å².